The lowest BCUT2D eigenvalue weighted by molar-refractivity contribution is -1.02. The third kappa shape index (κ3) is 4.78. The number of quaternary nitrogens is 2. The number of rotatable bonds is 5. The third-order valence-corrected chi connectivity index (χ3v) is 6.71. The molecule has 2 N–H and O–H groups in total. The van der Waals surface area contributed by atoms with Crippen molar-refractivity contribution in [3.05, 3.63) is 54.1 Å². The van der Waals surface area contributed by atoms with Crippen molar-refractivity contribution in [1.82, 2.24) is 4.90 Å². The average Bonchev–Trinajstić information content (AvgIpc) is 3.29. The molecule has 3 aliphatic rings. The van der Waals surface area contributed by atoms with Gasteiger partial charge in [-0.2, -0.15) is 0 Å². The molecule has 164 valence electrons. The molecule has 0 saturated carbocycles. The van der Waals surface area contributed by atoms with Gasteiger partial charge in [-0.3, -0.25) is 4.79 Å². The molecule has 0 radical (unpaired) electrons. The fraction of sp³-hybridized carbons (Fsp3) is 0.458. The molecule has 7 heteroatoms. The van der Waals surface area contributed by atoms with Gasteiger partial charge in [-0.1, -0.05) is 18.2 Å². The predicted octanol–water partition coefficient (Wildman–Crippen LogP) is -0.952. The van der Waals surface area contributed by atoms with E-state index in [1.807, 2.05) is 12.1 Å². The Morgan fingerprint density at radius 2 is 1.55 bits per heavy atom. The van der Waals surface area contributed by atoms with E-state index in [9.17, 15) is 4.79 Å². The van der Waals surface area contributed by atoms with Gasteiger partial charge in [0.05, 0.1) is 0 Å². The normalized spacial score (nSPS) is 23.1. The molecule has 2 saturated heterocycles. The molecule has 3 heterocycles. The van der Waals surface area contributed by atoms with E-state index in [1.54, 1.807) is 4.90 Å². The van der Waals surface area contributed by atoms with Crippen molar-refractivity contribution >= 4 is 11.6 Å². The van der Waals surface area contributed by atoms with Crippen LogP contribution in [-0.2, 0) is 11.3 Å². The zero-order valence-corrected chi connectivity index (χ0v) is 18.0. The van der Waals surface area contributed by atoms with Crippen LogP contribution in [0.4, 0.5) is 5.69 Å². The Morgan fingerprint density at radius 3 is 2.32 bits per heavy atom. The molecule has 3 aliphatic heterocycles. The molecule has 0 atom stereocenters. The summed E-state index contributed by atoms with van der Waals surface area (Å²) in [5.41, 5.74) is 2.54. The molecule has 0 bridgehead atoms. The van der Waals surface area contributed by atoms with Crippen molar-refractivity contribution in [1.29, 1.82) is 0 Å². The number of piperazine rings is 2. The lowest BCUT2D eigenvalue weighted by atomic mass is 10.1. The van der Waals surface area contributed by atoms with Gasteiger partial charge in [0.2, 0.25) is 6.79 Å². The maximum absolute atomic E-state index is 12.8. The predicted molar refractivity (Wildman–Crippen MR) is 118 cm³/mol. The van der Waals surface area contributed by atoms with Gasteiger partial charge >= 0.3 is 0 Å². The number of carbonyl (C=O) groups excluding carboxylic acids is 1. The van der Waals surface area contributed by atoms with E-state index in [4.69, 9.17) is 9.47 Å². The maximum Gasteiger partial charge on any atom is 0.277 e. The molecule has 2 fully saturated rings. The number of amides is 1. The molecular formula is C24H32N4O3+2. The number of benzene rings is 2. The number of nitrogens with one attached hydrogen (secondary N) is 2. The van der Waals surface area contributed by atoms with Crippen LogP contribution in [-0.4, -0.2) is 76.5 Å². The van der Waals surface area contributed by atoms with Crippen LogP contribution in [0.1, 0.15) is 5.56 Å². The first kappa shape index (κ1) is 20.2. The minimum Gasteiger partial charge on any atom is -0.454 e. The summed E-state index contributed by atoms with van der Waals surface area (Å²) in [6, 6.07) is 16.7. The minimum absolute atomic E-state index is 0.307. The van der Waals surface area contributed by atoms with Crippen molar-refractivity contribution in [2.24, 2.45) is 0 Å². The Kier molecular flexibility index (Phi) is 5.95. The van der Waals surface area contributed by atoms with Crippen molar-refractivity contribution < 1.29 is 24.1 Å². The number of para-hydroxylation sites is 1. The third-order valence-electron chi connectivity index (χ3n) is 6.71. The summed E-state index contributed by atoms with van der Waals surface area (Å²) in [5.74, 6) is 2.01. The van der Waals surface area contributed by atoms with Gasteiger partial charge in [0.25, 0.3) is 5.91 Å². The Labute approximate surface area is 183 Å². The highest BCUT2D eigenvalue weighted by Crippen LogP contribution is 2.32. The number of anilines is 1. The first-order chi connectivity index (χ1) is 15.2. The van der Waals surface area contributed by atoms with Crippen LogP contribution in [0.3, 0.4) is 0 Å². The number of hydrogen-bond donors (Lipinski definition) is 2. The highest BCUT2D eigenvalue weighted by Gasteiger charge is 2.29. The standard InChI is InChI=1S/C24H30N4O3/c29-24(28-14-12-27(13-15-28)21-4-2-1-3-5-21)18-26-10-8-25(9-11-26)17-20-6-7-22-23(16-20)31-19-30-22/h1-7,16H,8-15,17-19H2/p+2. The summed E-state index contributed by atoms with van der Waals surface area (Å²) >= 11 is 0. The second kappa shape index (κ2) is 9.16. The molecule has 2 aromatic rings. The van der Waals surface area contributed by atoms with E-state index in [2.05, 4.69) is 46.2 Å². The highest BCUT2D eigenvalue weighted by molar-refractivity contribution is 5.77. The zero-order chi connectivity index (χ0) is 21.0. The number of ether oxygens (including phenoxy) is 2. The monoisotopic (exact) mass is 424 g/mol. The minimum atomic E-state index is 0.307. The number of nitrogens with zero attached hydrogens (tertiary/aromatic N) is 2. The molecule has 0 unspecified atom stereocenters. The summed E-state index contributed by atoms with van der Waals surface area (Å²) in [7, 11) is 0. The number of carbonyl (C=O) groups is 1. The Bertz CT molecular complexity index is 891. The van der Waals surface area contributed by atoms with Crippen LogP contribution in [0.2, 0.25) is 0 Å². The van der Waals surface area contributed by atoms with Crippen molar-refractivity contribution in [2.75, 3.05) is 70.6 Å². The summed E-state index contributed by atoms with van der Waals surface area (Å²) < 4.78 is 10.9. The van der Waals surface area contributed by atoms with Gasteiger partial charge < -0.3 is 29.1 Å². The molecule has 31 heavy (non-hydrogen) atoms. The summed E-state index contributed by atoms with van der Waals surface area (Å²) in [5, 5.41) is 0. The molecular weight excluding hydrogens is 392 g/mol. The smallest absolute Gasteiger partial charge is 0.277 e. The summed E-state index contributed by atoms with van der Waals surface area (Å²) in [6.45, 7) is 9.72. The molecule has 7 nitrogen and oxygen atoms in total. The lowest BCUT2D eigenvalue weighted by Gasteiger charge is -2.37. The second-order valence-electron chi connectivity index (χ2n) is 8.74. The van der Waals surface area contributed by atoms with E-state index < -0.39 is 0 Å². The first-order valence-electron chi connectivity index (χ1n) is 11.4. The largest absolute Gasteiger partial charge is 0.454 e. The Hall–Kier alpha value is -2.77. The fourth-order valence-electron chi connectivity index (χ4n) is 4.83. The SMILES string of the molecule is O=C(C[NH+]1CC[NH+](Cc2ccc3c(c2)OCO3)CC1)N1CCN(c2ccccc2)CC1. The van der Waals surface area contributed by atoms with Crippen LogP contribution in [0.25, 0.3) is 0 Å². The number of hydrogen-bond acceptors (Lipinski definition) is 4. The fourth-order valence-corrected chi connectivity index (χ4v) is 4.83. The van der Waals surface area contributed by atoms with Crippen LogP contribution < -0.4 is 24.2 Å². The molecule has 2 aromatic carbocycles. The van der Waals surface area contributed by atoms with Gasteiger partial charge in [0.15, 0.2) is 18.0 Å². The van der Waals surface area contributed by atoms with E-state index in [-0.39, 0.29) is 0 Å². The van der Waals surface area contributed by atoms with Gasteiger partial charge in [-0.15, -0.1) is 0 Å². The summed E-state index contributed by atoms with van der Waals surface area (Å²) in [4.78, 5) is 20.3. The topological polar surface area (TPSA) is 50.9 Å². The van der Waals surface area contributed by atoms with E-state index in [0.29, 0.717) is 19.2 Å². The highest BCUT2D eigenvalue weighted by atomic mass is 16.7. The first-order valence-corrected chi connectivity index (χ1v) is 11.4. The van der Waals surface area contributed by atoms with Crippen molar-refractivity contribution in [3.8, 4) is 11.5 Å². The second-order valence-corrected chi connectivity index (χ2v) is 8.74. The van der Waals surface area contributed by atoms with E-state index in [0.717, 1.165) is 70.4 Å². The van der Waals surface area contributed by atoms with Gasteiger partial charge in [-0.25, -0.2) is 0 Å². The average molecular weight is 425 g/mol. The van der Waals surface area contributed by atoms with Crippen molar-refractivity contribution in [2.45, 2.75) is 6.54 Å². The zero-order valence-electron chi connectivity index (χ0n) is 18.0. The van der Waals surface area contributed by atoms with Gasteiger partial charge in [0.1, 0.15) is 32.7 Å². The maximum atomic E-state index is 12.8. The molecule has 5 rings (SSSR count). The number of fused-ring (bicyclic) bond motifs is 1. The van der Waals surface area contributed by atoms with Crippen LogP contribution >= 0.6 is 0 Å². The summed E-state index contributed by atoms with van der Waals surface area (Å²) in [6.07, 6.45) is 0. The molecule has 1 amide bonds. The van der Waals surface area contributed by atoms with Crippen LogP contribution in [0.15, 0.2) is 48.5 Å². The van der Waals surface area contributed by atoms with Crippen LogP contribution in [0, 0.1) is 0 Å². The van der Waals surface area contributed by atoms with E-state index >= 15 is 0 Å². The Balaban J connectivity index is 1.05. The lowest BCUT2D eigenvalue weighted by Crippen LogP contribution is -3.28. The van der Waals surface area contributed by atoms with Gasteiger partial charge in [-0.05, 0) is 30.3 Å². The quantitative estimate of drug-likeness (QED) is 0.650. The van der Waals surface area contributed by atoms with Crippen molar-refractivity contribution in [3.63, 3.8) is 0 Å². The van der Waals surface area contributed by atoms with Gasteiger partial charge in [0, 0.05) is 37.4 Å². The molecule has 0 aromatic heterocycles. The molecule has 0 aliphatic carbocycles. The van der Waals surface area contributed by atoms with E-state index in [1.165, 1.54) is 16.2 Å². The van der Waals surface area contributed by atoms with Crippen LogP contribution in [0.5, 0.6) is 11.5 Å². The molecule has 0 spiro atoms. The Morgan fingerprint density at radius 1 is 0.839 bits per heavy atom.